The van der Waals surface area contributed by atoms with Crippen LogP contribution in [-0.2, 0) is 9.53 Å². The summed E-state index contributed by atoms with van der Waals surface area (Å²) in [5.74, 6) is 2.27. The summed E-state index contributed by atoms with van der Waals surface area (Å²) in [6, 6.07) is 13.8. The number of hydrogen-bond acceptors (Lipinski definition) is 2. The highest BCUT2D eigenvalue weighted by atomic mass is 16.5. The van der Waals surface area contributed by atoms with E-state index in [0.717, 1.165) is 16.3 Å². The number of esters is 1. The van der Waals surface area contributed by atoms with E-state index in [2.05, 4.69) is 5.92 Å². The van der Waals surface area contributed by atoms with Gasteiger partial charge in [-0.3, -0.25) is 4.79 Å². The van der Waals surface area contributed by atoms with Gasteiger partial charge in [-0.1, -0.05) is 48.4 Å². The van der Waals surface area contributed by atoms with Crippen LogP contribution in [0.4, 0.5) is 0 Å². The highest BCUT2D eigenvalue weighted by molar-refractivity contribution is 5.86. The number of fused-ring (bicyclic) bond motifs is 1. The Kier molecular flexibility index (Phi) is 3.81. The lowest BCUT2D eigenvalue weighted by atomic mass is 9.96. The van der Waals surface area contributed by atoms with Crippen molar-refractivity contribution in [1.29, 1.82) is 0 Å². The number of carbonyl (C=O) groups is 1. The minimum Gasteiger partial charge on any atom is -0.444 e. The number of ether oxygens (including phenoxy) is 1. The minimum atomic E-state index is -0.659. The highest BCUT2D eigenvalue weighted by Crippen LogP contribution is 2.28. The highest BCUT2D eigenvalue weighted by Gasteiger charge is 2.26. The SMILES string of the molecule is C#C[C@H](OC(=O)C(C)(C)C)c1cccc2ccccc12. The Hall–Kier alpha value is -2.27. The van der Waals surface area contributed by atoms with E-state index in [0.29, 0.717) is 0 Å². The Balaban J connectivity index is 2.41. The molecule has 20 heavy (non-hydrogen) atoms. The third-order valence-corrected chi connectivity index (χ3v) is 3.09. The normalized spacial score (nSPS) is 12.7. The summed E-state index contributed by atoms with van der Waals surface area (Å²) in [4.78, 5) is 12.0. The second kappa shape index (κ2) is 5.38. The lowest BCUT2D eigenvalue weighted by Gasteiger charge is -2.21. The second-order valence-corrected chi connectivity index (χ2v) is 5.77. The predicted molar refractivity (Wildman–Crippen MR) is 81.1 cm³/mol. The summed E-state index contributed by atoms with van der Waals surface area (Å²) >= 11 is 0. The summed E-state index contributed by atoms with van der Waals surface area (Å²) in [6.07, 6.45) is 4.90. The van der Waals surface area contributed by atoms with Crippen LogP contribution in [-0.4, -0.2) is 5.97 Å². The molecule has 0 amide bonds. The van der Waals surface area contributed by atoms with Crippen molar-refractivity contribution in [3.63, 3.8) is 0 Å². The van der Waals surface area contributed by atoms with E-state index in [1.54, 1.807) is 0 Å². The number of hydrogen-bond donors (Lipinski definition) is 0. The first-order valence-corrected chi connectivity index (χ1v) is 6.58. The van der Waals surface area contributed by atoms with Gasteiger partial charge < -0.3 is 4.74 Å². The number of rotatable bonds is 2. The van der Waals surface area contributed by atoms with Gasteiger partial charge in [0.05, 0.1) is 5.41 Å². The molecule has 0 aromatic heterocycles. The average molecular weight is 266 g/mol. The zero-order valence-corrected chi connectivity index (χ0v) is 12.0. The summed E-state index contributed by atoms with van der Waals surface area (Å²) in [5.41, 5.74) is 0.280. The van der Waals surface area contributed by atoms with E-state index < -0.39 is 11.5 Å². The molecule has 2 aromatic rings. The van der Waals surface area contributed by atoms with Crippen LogP contribution >= 0.6 is 0 Å². The van der Waals surface area contributed by atoms with Crippen LogP contribution in [0, 0.1) is 17.8 Å². The van der Waals surface area contributed by atoms with Crippen LogP contribution in [0.1, 0.15) is 32.4 Å². The van der Waals surface area contributed by atoms with Crippen molar-refractivity contribution < 1.29 is 9.53 Å². The zero-order chi connectivity index (χ0) is 14.8. The Morgan fingerprint density at radius 3 is 2.45 bits per heavy atom. The molecule has 2 aromatic carbocycles. The molecule has 0 aliphatic rings. The van der Waals surface area contributed by atoms with Gasteiger partial charge in [0.1, 0.15) is 0 Å². The maximum Gasteiger partial charge on any atom is 0.312 e. The van der Waals surface area contributed by atoms with Crippen LogP contribution in [0.15, 0.2) is 42.5 Å². The molecule has 0 bridgehead atoms. The van der Waals surface area contributed by atoms with Crippen molar-refractivity contribution in [3.8, 4) is 12.3 Å². The minimum absolute atomic E-state index is 0.298. The van der Waals surface area contributed by atoms with Gasteiger partial charge in [0, 0.05) is 5.56 Å². The first kappa shape index (κ1) is 14.1. The number of terminal acetylenes is 1. The lowest BCUT2D eigenvalue weighted by Crippen LogP contribution is -2.24. The van der Waals surface area contributed by atoms with Gasteiger partial charge in [0.15, 0.2) is 6.10 Å². The molecule has 0 radical (unpaired) electrons. The molecule has 2 rings (SSSR count). The zero-order valence-electron chi connectivity index (χ0n) is 12.0. The predicted octanol–water partition coefficient (Wildman–Crippen LogP) is 4.10. The topological polar surface area (TPSA) is 26.3 Å². The van der Waals surface area contributed by atoms with Gasteiger partial charge in [0.2, 0.25) is 0 Å². The Morgan fingerprint density at radius 1 is 1.15 bits per heavy atom. The third-order valence-electron chi connectivity index (χ3n) is 3.09. The van der Waals surface area contributed by atoms with E-state index in [1.165, 1.54) is 0 Å². The third kappa shape index (κ3) is 2.83. The number of benzene rings is 2. The fraction of sp³-hybridized carbons (Fsp3) is 0.278. The molecular formula is C18H18O2. The fourth-order valence-electron chi connectivity index (χ4n) is 1.95. The van der Waals surface area contributed by atoms with E-state index in [1.807, 2.05) is 63.2 Å². The van der Waals surface area contributed by atoms with Crippen LogP contribution in [0.2, 0.25) is 0 Å². The summed E-state index contributed by atoms with van der Waals surface area (Å²) in [5, 5.41) is 2.09. The van der Waals surface area contributed by atoms with Gasteiger partial charge in [0.25, 0.3) is 0 Å². The Labute approximate surface area is 119 Å². The van der Waals surface area contributed by atoms with Gasteiger partial charge in [-0.15, -0.1) is 6.42 Å². The van der Waals surface area contributed by atoms with Gasteiger partial charge >= 0.3 is 5.97 Å². The summed E-state index contributed by atoms with van der Waals surface area (Å²) in [7, 11) is 0. The lowest BCUT2D eigenvalue weighted by molar-refractivity contribution is -0.156. The van der Waals surface area contributed by atoms with Crippen LogP contribution in [0.5, 0.6) is 0 Å². The second-order valence-electron chi connectivity index (χ2n) is 5.77. The molecule has 0 fully saturated rings. The van der Waals surface area contributed by atoms with Crippen molar-refractivity contribution >= 4 is 16.7 Å². The molecule has 102 valence electrons. The molecule has 0 saturated heterocycles. The van der Waals surface area contributed by atoms with Crippen molar-refractivity contribution in [3.05, 3.63) is 48.0 Å². The van der Waals surface area contributed by atoms with Gasteiger partial charge in [-0.05, 0) is 31.5 Å². The van der Waals surface area contributed by atoms with Gasteiger partial charge in [-0.25, -0.2) is 0 Å². The first-order valence-electron chi connectivity index (χ1n) is 6.58. The molecule has 0 heterocycles. The largest absolute Gasteiger partial charge is 0.444 e. The summed E-state index contributed by atoms with van der Waals surface area (Å²) in [6.45, 7) is 5.43. The average Bonchev–Trinajstić information content (AvgIpc) is 2.43. The Morgan fingerprint density at radius 2 is 1.80 bits per heavy atom. The molecule has 1 atom stereocenters. The van der Waals surface area contributed by atoms with E-state index in [4.69, 9.17) is 11.2 Å². The van der Waals surface area contributed by atoms with Crippen molar-refractivity contribution in [2.75, 3.05) is 0 Å². The van der Waals surface area contributed by atoms with Crippen molar-refractivity contribution in [1.82, 2.24) is 0 Å². The molecule has 0 aliphatic heterocycles. The van der Waals surface area contributed by atoms with Crippen molar-refractivity contribution in [2.45, 2.75) is 26.9 Å². The van der Waals surface area contributed by atoms with E-state index >= 15 is 0 Å². The smallest absolute Gasteiger partial charge is 0.312 e. The standard InChI is InChI=1S/C18H18O2/c1-5-16(20-17(19)18(2,3)4)15-12-8-10-13-9-6-7-11-14(13)15/h1,6-12,16H,2-4H3/t16-/m0/s1. The molecule has 0 aliphatic carbocycles. The molecular weight excluding hydrogens is 248 g/mol. The van der Waals surface area contributed by atoms with Crippen LogP contribution < -0.4 is 0 Å². The first-order chi connectivity index (χ1) is 9.43. The molecule has 0 N–H and O–H groups in total. The van der Waals surface area contributed by atoms with E-state index in [9.17, 15) is 4.79 Å². The van der Waals surface area contributed by atoms with Crippen LogP contribution in [0.3, 0.4) is 0 Å². The molecule has 0 spiro atoms. The fourth-order valence-corrected chi connectivity index (χ4v) is 1.95. The molecule has 2 nitrogen and oxygen atoms in total. The van der Waals surface area contributed by atoms with E-state index in [-0.39, 0.29) is 5.97 Å². The monoisotopic (exact) mass is 266 g/mol. The van der Waals surface area contributed by atoms with Gasteiger partial charge in [-0.2, -0.15) is 0 Å². The Bertz CT molecular complexity index is 666. The number of carbonyl (C=O) groups excluding carboxylic acids is 1. The maximum atomic E-state index is 12.0. The quantitative estimate of drug-likeness (QED) is 0.604. The summed E-state index contributed by atoms with van der Waals surface area (Å²) < 4.78 is 5.48. The van der Waals surface area contributed by atoms with Crippen molar-refractivity contribution in [2.24, 2.45) is 5.41 Å². The molecule has 0 unspecified atom stereocenters. The van der Waals surface area contributed by atoms with Crippen LogP contribution in [0.25, 0.3) is 10.8 Å². The maximum absolute atomic E-state index is 12.0. The molecule has 2 heteroatoms. The molecule has 0 saturated carbocycles.